The molecule has 1 aliphatic heterocycles. The van der Waals surface area contributed by atoms with Crippen molar-refractivity contribution < 1.29 is 17.9 Å². The van der Waals surface area contributed by atoms with E-state index >= 15 is 0 Å². The first kappa shape index (κ1) is 23.9. The summed E-state index contributed by atoms with van der Waals surface area (Å²) in [5.74, 6) is -0.0292. The molecule has 0 radical (unpaired) electrons. The van der Waals surface area contributed by atoms with Crippen molar-refractivity contribution in [3.63, 3.8) is 0 Å². The summed E-state index contributed by atoms with van der Waals surface area (Å²) in [5, 5.41) is 7.69. The topological polar surface area (TPSA) is 93.5 Å². The molecule has 1 amide bonds. The van der Waals surface area contributed by atoms with Crippen molar-refractivity contribution in [3.05, 3.63) is 46.8 Å². The molecular weight excluding hydrogens is 440 g/mol. The number of carbonyl (C=O) groups excluding carboxylic acids is 1. The number of carbonyl (C=O) groups is 1. The number of nitrogens with zero attached hydrogens (tertiary/aromatic N) is 3. The summed E-state index contributed by atoms with van der Waals surface area (Å²) < 4.78 is 34.8. The lowest BCUT2D eigenvalue weighted by atomic mass is 10.1. The fourth-order valence-corrected chi connectivity index (χ4v) is 6.53. The van der Waals surface area contributed by atoms with Gasteiger partial charge in [0.05, 0.1) is 31.1 Å². The second-order valence-corrected chi connectivity index (χ2v) is 10.9. The fraction of sp³-hybridized carbons (Fsp3) is 0.583. The average Bonchev–Trinajstić information content (AvgIpc) is 2.96. The van der Waals surface area contributed by atoms with Gasteiger partial charge in [-0.3, -0.25) is 9.48 Å². The van der Waals surface area contributed by atoms with Gasteiger partial charge in [-0.15, -0.1) is 0 Å². The Kier molecular flexibility index (Phi) is 7.51. The van der Waals surface area contributed by atoms with Crippen LogP contribution in [0.3, 0.4) is 0 Å². The van der Waals surface area contributed by atoms with Crippen molar-refractivity contribution in [1.82, 2.24) is 19.4 Å². The Morgan fingerprint density at radius 1 is 1.06 bits per heavy atom. The Labute approximate surface area is 196 Å². The van der Waals surface area contributed by atoms with Crippen LogP contribution >= 0.6 is 0 Å². The number of amides is 1. The van der Waals surface area contributed by atoms with Gasteiger partial charge in [-0.1, -0.05) is 37.8 Å². The molecule has 2 fully saturated rings. The lowest BCUT2D eigenvalue weighted by Crippen LogP contribution is -2.41. The number of rotatable bonds is 6. The zero-order valence-electron chi connectivity index (χ0n) is 19.5. The molecule has 0 bridgehead atoms. The Morgan fingerprint density at radius 3 is 2.33 bits per heavy atom. The molecule has 4 rings (SSSR count). The van der Waals surface area contributed by atoms with Crippen molar-refractivity contribution in [2.45, 2.75) is 69.9 Å². The molecule has 1 aromatic heterocycles. The maximum atomic E-state index is 13.2. The second kappa shape index (κ2) is 10.4. The van der Waals surface area contributed by atoms with Crippen molar-refractivity contribution in [1.29, 1.82) is 0 Å². The molecule has 0 atom stereocenters. The van der Waals surface area contributed by atoms with Crippen molar-refractivity contribution in [3.8, 4) is 0 Å². The van der Waals surface area contributed by atoms with Crippen molar-refractivity contribution >= 4 is 15.9 Å². The molecule has 1 N–H and O–H groups in total. The third kappa shape index (κ3) is 5.47. The predicted octanol–water partition coefficient (Wildman–Crippen LogP) is 3.02. The average molecular weight is 475 g/mol. The third-order valence-corrected chi connectivity index (χ3v) is 8.77. The van der Waals surface area contributed by atoms with E-state index in [1.165, 1.54) is 30.0 Å². The Bertz CT molecular complexity index is 1060. The monoisotopic (exact) mass is 474 g/mol. The zero-order chi connectivity index (χ0) is 23.4. The van der Waals surface area contributed by atoms with Crippen LogP contribution in [0.5, 0.6) is 0 Å². The van der Waals surface area contributed by atoms with Gasteiger partial charge >= 0.3 is 0 Å². The number of nitrogens with one attached hydrogen (secondary N) is 1. The fourth-order valence-electron chi connectivity index (χ4n) is 4.75. The van der Waals surface area contributed by atoms with E-state index in [9.17, 15) is 13.2 Å². The molecule has 1 saturated carbocycles. The Balaban J connectivity index is 1.45. The molecule has 1 saturated heterocycles. The van der Waals surface area contributed by atoms with Crippen molar-refractivity contribution in [2.24, 2.45) is 0 Å². The van der Waals surface area contributed by atoms with Crippen molar-refractivity contribution in [2.75, 3.05) is 26.3 Å². The quantitative estimate of drug-likeness (QED) is 0.650. The van der Waals surface area contributed by atoms with Crippen LogP contribution in [0.4, 0.5) is 0 Å². The molecule has 2 aromatic rings. The number of benzene rings is 1. The normalized spacial score (nSPS) is 18.7. The Hall–Kier alpha value is -2.23. The van der Waals surface area contributed by atoms with Crippen LogP contribution in [0.25, 0.3) is 0 Å². The minimum atomic E-state index is -3.61. The first-order chi connectivity index (χ1) is 15.9. The lowest BCUT2D eigenvalue weighted by molar-refractivity contribution is 0.0730. The van der Waals surface area contributed by atoms with Gasteiger partial charge in [0.1, 0.15) is 4.90 Å². The van der Waals surface area contributed by atoms with Crippen LogP contribution in [0, 0.1) is 13.8 Å². The van der Waals surface area contributed by atoms with Gasteiger partial charge in [0.15, 0.2) is 0 Å². The number of hydrogen-bond donors (Lipinski definition) is 1. The Morgan fingerprint density at radius 2 is 1.70 bits per heavy atom. The van der Waals surface area contributed by atoms with E-state index in [1.807, 2.05) is 24.3 Å². The summed E-state index contributed by atoms with van der Waals surface area (Å²) in [6.07, 6.45) is 6.96. The molecule has 0 unspecified atom stereocenters. The number of aromatic nitrogens is 2. The van der Waals surface area contributed by atoms with E-state index in [1.54, 1.807) is 18.5 Å². The van der Waals surface area contributed by atoms with Gasteiger partial charge < -0.3 is 10.1 Å². The smallest absolute Gasteiger partial charge is 0.251 e. The predicted molar refractivity (Wildman–Crippen MR) is 126 cm³/mol. The lowest BCUT2D eigenvalue weighted by Gasteiger charge is -2.26. The van der Waals surface area contributed by atoms with E-state index in [4.69, 9.17) is 4.74 Å². The second-order valence-electron chi connectivity index (χ2n) is 9.03. The molecule has 2 heterocycles. The van der Waals surface area contributed by atoms with Crippen LogP contribution in [-0.2, 0) is 21.3 Å². The highest BCUT2D eigenvalue weighted by atomic mass is 32.2. The maximum absolute atomic E-state index is 13.2. The van der Waals surface area contributed by atoms with Gasteiger partial charge in [0.25, 0.3) is 5.91 Å². The van der Waals surface area contributed by atoms with Crippen LogP contribution in [0.2, 0.25) is 0 Å². The van der Waals surface area contributed by atoms with Gasteiger partial charge in [-0.2, -0.15) is 9.40 Å². The number of morpholine rings is 1. The summed E-state index contributed by atoms with van der Waals surface area (Å²) >= 11 is 0. The van der Waals surface area contributed by atoms with Gasteiger partial charge in [0, 0.05) is 24.7 Å². The minimum absolute atomic E-state index is 0.0292. The number of aryl methyl sites for hydroxylation is 1. The molecule has 8 nitrogen and oxygen atoms in total. The van der Waals surface area contributed by atoms with E-state index in [2.05, 4.69) is 10.4 Å². The highest BCUT2D eigenvalue weighted by Gasteiger charge is 2.32. The number of sulfonamides is 1. The maximum Gasteiger partial charge on any atom is 0.251 e. The largest absolute Gasteiger partial charge is 0.379 e. The first-order valence-corrected chi connectivity index (χ1v) is 13.3. The summed E-state index contributed by atoms with van der Waals surface area (Å²) in [4.78, 5) is 12.9. The number of hydrogen-bond acceptors (Lipinski definition) is 5. The van der Waals surface area contributed by atoms with E-state index in [0.717, 1.165) is 18.4 Å². The van der Waals surface area contributed by atoms with E-state index < -0.39 is 10.0 Å². The zero-order valence-corrected chi connectivity index (χ0v) is 20.4. The van der Waals surface area contributed by atoms with Crippen LogP contribution < -0.4 is 5.32 Å². The highest BCUT2D eigenvalue weighted by molar-refractivity contribution is 7.89. The highest BCUT2D eigenvalue weighted by Crippen LogP contribution is 2.25. The summed E-state index contributed by atoms with van der Waals surface area (Å²) in [7, 11) is -3.61. The van der Waals surface area contributed by atoms with Gasteiger partial charge in [-0.25, -0.2) is 8.42 Å². The molecule has 9 heteroatoms. The van der Waals surface area contributed by atoms with Crippen LogP contribution in [-0.4, -0.2) is 60.8 Å². The summed E-state index contributed by atoms with van der Waals surface area (Å²) in [6.45, 7) is 5.50. The summed E-state index contributed by atoms with van der Waals surface area (Å²) in [6, 6.07) is 7.75. The molecular formula is C24H34N4O4S. The van der Waals surface area contributed by atoms with E-state index in [0.29, 0.717) is 49.8 Å². The van der Waals surface area contributed by atoms with Gasteiger partial charge in [0.2, 0.25) is 10.0 Å². The SMILES string of the molecule is Cc1nn(Cc2ccc(C(=O)NC3CCCCCC3)cc2)c(C)c1S(=O)(=O)N1CCOCC1. The van der Waals surface area contributed by atoms with Crippen LogP contribution in [0.15, 0.2) is 29.2 Å². The van der Waals surface area contributed by atoms with Gasteiger partial charge in [-0.05, 0) is 44.4 Å². The molecule has 1 aliphatic carbocycles. The minimum Gasteiger partial charge on any atom is -0.379 e. The molecule has 180 valence electrons. The molecule has 1 aromatic carbocycles. The molecule has 33 heavy (non-hydrogen) atoms. The summed E-state index contributed by atoms with van der Waals surface area (Å²) in [5.41, 5.74) is 2.72. The van der Waals surface area contributed by atoms with Crippen LogP contribution in [0.1, 0.15) is 65.8 Å². The molecule has 0 spiro atoms. The number of ether oxygens (including phenoxy) is 1. The van der Waals surface area contributed by atoms with E-state index in [-0.39, 0.29) is 16.8 Å². The first-order valence-electron chi connectivity index (χ1n) is 11.9. The third-order valence-electron chi connectivity index (χ3n) is 6.62. The standard InChI is InChI=1S/C24H34N4O4S/c1-18-23(33(30,31)27-13-15-32-16-14-27)19(2)28(26-18)17-20-9-11-21(12-10-20)24(29)25-22-7-5-3-4-6-8-22/h9-12,22H,3-8,13-17H2,1-2H3,(H,25,29). The molecule has 2 aliphatic rings.